The Hall–Kier alpha value is -0.590. The smallest absolute Gasteiger partial charge is 0.307 e. The summed E-state index contributed by atoms with van der Waals surface area (Å²) in [6.45, 7) is 3.45. The molecule has 19 heavy (non-hydrogen) atoms. The highest BCUT2D eigenvalue weighted by atomic mass is 32.1. The third-order valence-corrected chi connectivity index (χ3v) is 4.13. The zero-order chi connectivity index (χ0) is 14.5. The van der Waals surface area contributed by atoms with Crippen molar-refractivity contribution in [1.29, 1.82) is 0 Å². The maximum absolute atomic E-state index is 12.0. The van der Waals surface area contributed by atoms with Gasteiger partial charge < -0.3 is 5.32 Å². The van der Waals surface area contributed by atoms with E-state index in [1.807, 2.05) is 25.4 Å². The van der Waals surface area contributed by atoms with Crippen molar-refractivity contribution in [2.45, 2.75) is 38.5 Å². The second-order valence-corrected chi connectivity index (χ2v) is 5.93. The molecule has 1 aromatic heterocycles. The number of nitrogens with zero attached hydrogens (tertiary/aromatic N) is 1. The molecule has 1 N–H and O–H groups in total. The first-order chi connectivity index (χ1) is 8.79. The lowest BCUT2D eigenvalue weighted by Crippen LogP contribution is -2.45. The molecule has 0 fully saturated rings. The molecule has 0 aliphatic carbocycles. The Labute approximate surface area is 116 Å². The minimum absolute atomic E-state index is 0.0670. The fourth-order valence-electron chi connectivity index (χ4n) is 1.87. The van der Waals surface area contributed by atoms with E-state index in [-0.39, 0.29) is 6.04 Å². The molecule has 0 amide bonds. The van der Waals surface area contributed by atoms with Crippen molar-refractivity contribution in [1.82, 2.24) is 10.2 Å². The summed E-state index contributed by atoms with van der Waals surface area (Å²) >= 11 is 1.71. The number of hydrogen-bond donors (Lipinski definition) is 1. The van der Waals surface area contributed by atoms with Crippen LogP contribution in [0.25, 0.3) is 0 Å². The lowest BCUT2D eigenvalue weighted by Gasteiger charge is -2.31. The molecule has 110 valence electrons. The highest BCUT2D eigenvalue weighted by Gasteiger charge is 2.27. The Bertz CT molecular complexity index is 351. The molecule has 0 aromatic carbocycles. The highest BCUT2D eigenvalue weighted by molar-refractivity contribution is 7.09. The number of halogens is 3. The third kappa shape index (κ3) is 6.40. The van der Waals surface area contributed by atoms with E-state index in [0.29, 0.717) is 12.6 Å². The fraction of sp³-hybridized carbons (Fsp3) is 0.692. The van der Waals surface area contributed by atoms with E-state index >= 15 is 0 Å². The maximum Gasteiger partial charge on any atom is 0.401 e. The quantitative estimate of drug-likeness (QED) is 0.831. The van der Waals surface area contributed by atoms with Crippen LogP contribution in [0.2, 0.25) is 0 Å². The van der Waals surface area contributed by atoms with Crippen LogP contribution >= 0.6 is 11.3 Å². The molecular formula is C13H21F3N2S. The number of likely N-dealkylation sites (N-methyl/N-ethyl adjacent to an activating group) is 1. The van der Waals surface area contributed by atoms with Crippen LogP contribution in [-0.4, -0.2) is 43.3 Å². The van der Waals surface area contributed by atoms with Gasteiger partial charge in [0.2, 0.25) is 0 Å². The second kappa shape index (κ2) is 7.26. The summed E-state index contributed by atoms with van der Waals surface area (Å²) < 4.78 is 36.1. The van der Waals surface area contributed by atoms with Crippen LogP contribution in [-0.2, 0) is 6.42 Å². The molecule has 0 aliphatic rings. The van der Waals surface area contributed by atoms with Crippen LogP contribution in [0.4, 0.5) is 13.2 Å². The van der Waals surface area contributed by atoms with E-state index in [1.54, 1.807) is 11.3 Å². The first-order valence-electron chi connectivity index (χ1n) is 6.31. The maximum atomic E-state index is 12.0. The van der Waals surface area contributed by atoms with Crippen LogP contribution in [0.1, 0.15) is 18.7 Å². The van der Waals surface area contributed by atoms with Crippen molar-refractivity contribution >= 4 is 11.3 Å². The van der Waals surface area contributed by atoms with Gasteiger partial charge in [-0.25, -0.2) is 0 Å². The number of thiophene rings is 1. The third-order valence-electron chi connectivity index (χ3n) is 3.23. The first kappa shape index (κ1) is 16.5. The molecule has 6 heteroatoms. The lowest BCUT2D eigenvalue weighted by molar-refractivity contribution is -0.125. The number of nitrogens with one attached hydrogen (secondary N) is 1. The number of hydrogen-bond acceptors (Lipinski definition) is 3. The minimum atomic E-state index is -4.14. The zero-order valence-corrected chi connectivity index (χ0v) is 12.3. The molecule has 0 aliphatic heterocycles. The van der Waals surface area contributed by atoms with Crippen molar-refractivity contribution in [3.8, 4) is 0 Å². The molecule has 2 atom stereocenters. The van der Waals surface area contributed by atoms with Crippen molar-refractivity contribution in [3.63, 3.8) is 0 Å². The summed E-state index contributed by atoms with van der Waals surface area (Å²) in [4.78, 5) is 3.41. The summed E-state index contributed by atoms with van der Waals surface area (Å²) in [6.07, 6.45) is -3.21. The SMILES string of the molecule is CC(CNCC(F)(F)F)N(C)C(C)Cc1cccs1. The van der Waals surface area contributed by atoms with Gasteiger partial charge in [-0.05, 0) is 38.8 Å². The van der Waals surface area contributed by atoms with Crippen LogP contribution in [0.5, 0.6) is 0 Å². The van der Waals surface area contributed by atoms with Gasteiger partial charge in [0.05, 0.1) is 6.54 Å². The molecule has 0 saturated carbocycles. The summed E-state index contributed by atoms with van der Waals surface area (Å²) in [5, 5.41) is 4.49. The summed E-state index contributed by atoms with van der Waals surface area (Å²) in [6, 6.07) is 4.47. The molecule has 0 spiro atoms. The second-order valence-electron chi connectivity index (χ2n) is 4.89. The van der Waals surface area contributed by atoms with E-state index in [4.69, 9.17) is 0 Å². The van der Waals surface area contributed by atoms with Crippen molar-refractivity contribution in [3.05, 3.63) is 22.4 Å². The average Bonchev–Trinajstić information content (AvgIpc) is 2.78. The van der Waals surface area contributed by atoms with E-state index in [2.05, 4.69) is 23.2 Å². The van der Waals surface area contributed by atoms with Crippen LogP contribution in [0.3, 0.4) is 0 Å². The van der Waals surface area contributed by atoms with Gasteiger partial charge in [0.1, 0.15) is 0 Å². The van der Waals surface area contributed by atoms with E-state index in [1.165, 1.54) is 4.88 Å². The fourth-order valence-corrected chi connectivity index (χ4v) is 2.69. The van der Waals surface area contributed by atoms with Gasteiger partial charge in [-0.3, -0.25) is 4.90 Å². The van der Waals surface area contributed by atoms with Gasteiger partial charge in [-0.15, -0.1) is 11.3 Å². The first-order valence-corrected chi connectivity index (χ1v) is 7.19. The van der Waals surface area contributed by atoms with E-state index in [0.717, 1.165) is 6.42 Å². The Kier molecular flexibility index (Phi) is 6.29. The van der Waals surface area contributed by atoms with Gasteiger partial charge in [0.15, 0.2) is 0 Å². The standard InChI is InChI=1S/C13H21F3N2S/c1-10(7-12-5-4-6-19-12)18(3)11(2)8-17-9-13(14,15)16/h4-6,10-11,17H,7-9H2,1-3H3. The molecule has 0 saturated heterocycles. The predicted molar refractivity (Wildman–Crippen MR) is 73.6 cm³/mol. The summed E-state index contributed by atoms with van der Waals surface area (Å²) in [7, 11) is 1.96. The number of alkyl halides is 3. The van der Waals surface area contributed by atoms with Crippen LogP contribution in [0, 0.1) is 0 Å². The van der Waals surface area contributed by atoms with Gasteiger partial charge in [0.25, 0.3) is 0 Å². The highest BCUT2D eigenvalue weighted by Crippen LogP contribution is 2.15. The van der Waals surface area contributed by atoms with Crippen molar-refractivity contribution in [2.75, 3.05) is 20.1 Å². The number of rotatable bonds is 7. The zero-order valence-electron chi connectivity index (χ0n) is 11.5. The van der Waals surface area contributed by atoms with Crippen molar-refractivity contribution in [2.24, 2.45) is 0 Å². The van der Waals surface area contributed by atoms with Gasteiger partial charge in [-0.2, -0.15) is 13.2 Å². The Morgan fingerprint density at radius 2 is 2.00 bits per heavy atom. The summed E-state index contributed by atoms with van der Waals surface area (Å²) in [5.74, 6) is 0. The minimum Gasteiger partial charge on any atom is -0.307 e. The van der Waals surface area contributed by atoms with Crippen LogP contribution < -0.4 is 5.32 Å². The molecule has 0 radical (unpaired) electrons. The van der Waals surface area contributed by atoms with Crippen LogP contribution in [0.15, 0.2) is 17.5 Å². The topological polar surface area (TPSA) is 15.3 Å². The monoisotopic (exact) mass is 294 g/mol. The molecule has 1 rings (SSSR count). The summed E-state index contributed by atoms with van der Waals surface area (Å²) in [5.41, 5.74) is 0. The Balaban J connectivity index is 2.32. The normalized spacial score (nSPS) is 15.7. The van der Waals surface area contributed by atoms with Gasteiger partial charge in [0, 0.05) is 23.5 Å². The van der Waals surface area contributed by atoms with E-state index in [9.17, 15) is 13.2 Å². The molecule has 2 nitrogen and oxygen atoms in total. The molecule has 1 heterocycles. The lowest BCUT2D eigenvalue weighted by atomic mass is 10.1. The van der Waals surface area contributed by atoms with Gasteiger partial charge >= 0.3 is 6.18 Å². The average molecular weight is 294 g/mol. The predicted octanol–water partition coefficient (Wildman–Crippen LogP) is 3.15. The largest absolute Gasteiger partial charge is 0.401 e. The Morgan fingerprint density at radius 3 is 2.53 bits per heavy atom. The molecule has 2 unspecified atom stereocenters. The molecular weight excluding hydrogens is 273 g/mol. The molecule has 1 aromatic rings. The Morgan fingerprint density at radius 1 is 1.32 bits per heavy atom. The van der Waals surface area contributed by atoms with Gasteiger partial charge in [-0.1, -0.05) is 6.07 Å². The van der Waals surface area contributed by atoms with E-state index < -0.39 is 12.7 Å². The molecule has 0 bridgehead atoms. The van der Waals surface area contributed by atoms with Crippen molar-refractivity contribution < 1.29 is 13.2 Å².